The molecule has 0 rings (SSSR count). The monoisotopic (exact) mass is 695 g/mol. The Morgan fingerprint density at radius 3 is 0.878 bits per heavy atom. The fraction of sp³-hybridized carbons (Fsp3) is 0.930. The molecule has 0 aromatic rings. The van der Waals surface area contributed by atoms with Crippen molar-refractivity contribution in [1.29, 1.82) is 0 Å². The van der Waals surface area contributed by atoms with E-state index >= 15 is 0 Å². The zero-order valence-electron chi connectivity index (χ0n) is 33.5. The molecule has 6 heteroatoms. The Labute approximate surface area is 304 Å². The van der Waals surface area contributed by atoms with Gasteiger partial charge in [0, 0.05) is 19.3 Å². The number of carbonyl (C=O) groups is 3. The van der Waals surface area contributed by atoms with Gasteiger partial charge in [0.2, 0.25) is 0 Å². The molecular formula is C43H82O6. The molecule has 49 heavy (non-hydrogen) atoms. The maximum absolute atomic E-state index is 12.6. The molecule has 0 fully saturated rings. The first-order valence-corrected chi connectivity index (χ1v) is 21.1. The Morgan fingerprint density at radius 1 is 0.347 bits per heavy atom. The zero-order chi connectivity index (χ0) is 36.4. The van der Waals surface area contributed by atoms with E-state index in [1.807, 2.05) is 0 Å². The van der Waals surface area contributed by atoms with Crippen molar-refractivity contribution in [3.05, 3.63) is 0 Å². The van der Waals surface area contributed by atoms with E-state index in [0.29, 0.717) is 19.3 Å². The van der Waals surface area contributed by atoms with Gasteiger partial charge in [0.15, 0.2) is 6.10 Å². The van der Waals surface area contributed by atoms with Gasteiger partial charge in [-0.25, -0.2) is 0 Å². The summed E-state index contributed by atoms with van der Waals surface area (Å²) in [4.78, 5) is 37.5. The second-order valence-electron chi connectivity index (χ2n) is 16.1. The van der Waals surface area contributed by atoms with E-state index in [9.17, 15) is 14.4 Å². The number of esters is 3. The highest BCUT2D eigenvalue weighted by atomic mass is 16.6. The fourth-order valence-corrected chi connectivity index (χ4v) is 6.17. The van der Waals surface area contributed by atoms with Gasteiger partial charge in [-0.1, -0.05) is 183 Å². The van der Waals surface area contributed by atoms with E-state index in [0.717, 1.165) is 75.5 Å². The van der Waals surface area contributed by atoms with Gasteiger partial charge in [-0.15, -0.1) is 0 Å². The molecule has 0 aromatic heterocycles. The van der Waals surface area contributed by atoms with Crippen molar-refractivity contribution in [3.63, 3.8) is 0 Å². The zero-order valence-corrected chi connectivity index (χ0v) is 33.5. The van der Waals surface area contributed by atoms with E-state index < -0.39 is 6.10 Å². The topological polar surface area (TPSA) is 78.9 Å². The van der Waals surface area contributed by atoms with Crippen LogP contribution in [0.15, 0.2) is 0 Å². The molecule has 6 nitrogen and oxygen atoms in total. The van der Waals surface area contributed by atoms with Crippen LogP contribution >= 0.6 is 0 Å². The predicted octanol–water partition coefficient (Wildman–Crippen LogP) is 12.9. The van der Waals surface area contributed by atoms with Crippen molar-refractivity contribution >= 4 is 17.9 Å². The highest BCUT2D eigenvalue weighted by Gasteiger charge is 2.19. The lowest BCUT2D eigenvalue weighted by Crippen LogP contribution is -2.30. The Hall–Kier alpha value is -1.59. The van der Waals surface area contributed by atoms with Gasteiger partial charge in [-0.05, 0) is 37.0 Å². The summed E-state index contributed by atoms with van der Waals surface area (Å²) in [6.07, 6.45) is 29.7. The number of unbranched alkanes of at least 4 members (excludes halogenated alkanes) is 19. The molecule has 0 aliphatic carbocycles. The molecule has 290 valence electrons. The van der Waals surface area contributed by atoms with Crippen LogP contribution in [-0.2, 0) is 28.6 Å². The highest BCUT2D eigenvalue weighted by molar-refractivity contribution is 5.71. The smallest absolute Gasteiger partial charge is 0.306 e. The molecule has 0 unspecified atom stereocenters. The molecular weight excluding hydrogens is 612 g/mol. The predicted molar refractivity (Wildman–Crippen MR) is 206 cm³/mol. The molecule has 0 aliphatic rings. The van der Waals surface area contributed by atoms with Crippen LogP contribution in [0, 0.1) is 17.8 Å². The molecule has 0 radical (unpaired) electrons. The summed E-state index contributed by atoms with van der Waals surface area (Å²) in [5.41, 5.74) is 0. The third-order valence-electron chi connectivity index (χ3n) is 9.40. The lowest BCUT2D eigenvalue weighted by Gasteiger charge is -2.18. The Bertz CT molecular complexity index is 761. The van der Waals surface area contributed by atoms with Crippen molar-refractivity contribution in [2.45, 2.75) is 227 Å². The number of hydrogen-bond acceptors (Lipinski definition) is 6. The molecule has 0 aromatic carbocycles. The first-order chi connectivity index (χ1) is 23.6. The average molecular weight is 695 g/mol. The van der Waals surface area contributed by atoms with Crippen molar-refractivity contribution in [2.75, 3.05) is 13.2 Å². The molecule has 0 saturated carbocycles. The summed E-state index contributed by atoms with van der Waals surface area (Å²) in [5.74, 6) is 1.48. The van der Waals surface area contributed by atoms with Gasteiger partial charge >= 0.3 is 17.9 Å². The standard InChI is InChI=1S/C43H82O6/c1-37(2)29-23-17-11-7-9-13-20-26-32-41(44)47-35-40(36-48-42(45)33-27-21-16-15-19-25-31-39(5)6)49-43(46)34-28-22-14-10-8-12-18-24-30-38(3)4/h37-40H,7-36H2,1-6H3/t40-/m0/s1. The van der Waals surface area contributed by atoms with Crippen LogP contribution in [0.3, 0.4) is 0 Å². The van der Waals surface area contributed by atoms with Gasteiger partial charge in [0.25, 0.3) is 0 Å². The van der Waals surface area contributed by atoms with Crippen molar-refractivity contribution in [1.82, 2.24) is 0 Å². The molecule has 0 aliphatic heterocycles. The molecule has 1 atom stereocenters. The van der Waals surface area contributed by atoms with Gasteiger partial charge in [-0.3, -0.25) is 14.4 Å². The van der Waals surface area contributed by atoms with E-state index in [4.69, 9.17) is 14.2 Å². The van der Waals surface area contributed by atoms with Gasteiger partial charge in [0.1, 0.15) is 13.2 Å². The Kier molecular flexibility index (Phi) is 33.7. The summed E-state index contributed by atoms with van der Waals surface area (Å²) in [6.45, 7) is 13.5. The number of ether oxygens (including phenoxy) is 3. The van der Waals surface area contributed by atoms with E-state index in [1.54, 1.807) is 0 Å². The van der Waals surface area contributed by atoms with Crippen LogP contribution in [0.1, 0.15) is 221 Å². The summed E-state index contributed by atoms with van der Waals surface area (Å²) in [5, 5.41) is 0. The second kappa shape index (κ2) is 34.8. The summed E-state index contributed by atoms with van der Waals surface area (Å²) in [7, 11) is 0. The Morgan fingerprint density at radius 2 is 0.592 bits per heavy atom. The van der Waals surface area contributed by atoms with Crippen LogP contribution in [0.4, 0.5) is 0 Å². The molecule has 0 spiro atoms. The van der Waals surface area contributed by atoms with Gasteiger partial charge in [-0.2, -0.15) is 0 Å². The molecule has 0 heterocycles. The number of hydrogen-bond donors (Lipinski definition) is 0. The largest absolute Gasteiger partial charge is 0.462 e. The van der Waals surface area contributed by atoms with E-state index in [2.05, 4.69) is 41.5 Å². The average Bonchev–Trinajstić information content (AvgIpc) is 3.04. The number of rotatable bonds is 36. The second-order valence-corrected chi connectivity index (χ2v) is 16.1. The molecule has 0 bridgehead atoms. The van der Waals surface area contributed by atoms with Crippen molar-refractivity contribution in [2.24, 2.45) is 17.8 Å². The van der Waals surface area contributed by atoms with Crippen LogP contribution < -0.4 is 0 Å². The maximum Gasteiger partial charge on any atom is 0.306 e. The van der Waals surface area contributed by atoms with Crippen LogP contribution in [-0.4, -0.2) is 37.2 Å². The van der Waals surface area contributed by atoms with Gasteiger partial charge in [0.05, 0.1) is 0 Å². The summed E-state index contributed by atoms with van der Waals surface area (Å²) in [6, 6.07) is 0. The minimum Gasteiger partial charge on any atom is -0.462 e. The Balaban J connectivity index is 4.36. The minimum absolute atomic E-state index is 0.0680. The summed E-state index contributed by atoms with van der Waals surface area (Å²) < 4.78 is 16.6. The fourth-order valence-electron chi connectivity index (χ4n) is 6.17. The first-order valence-electron chi connectivity index (χ1n) is 21.1. The van der Waals surface area contributed by atoms with Crippen LogP contribution in [0.25, 0.3) is 0 Å². The lowest BCUT2D eigenvalue weighted by molar-refractivity contribution is -0.167. The van der Waals surface area contributed by atoms with Crippen molar-refractivity contribution < 1.29 is 28.6 Å². The highest BCUT2D eigenvalue weighted by Crippen LogP contribution is 2.16. The van der Waals surface area contributed by atoms with E-state index in [-0.39, 0.29) is 31.1 Å². The van der Waals surface area contributed by atoms with Crippen LogP contribution in [0.2, 0.25) is 0 Å². The van der Waals surface area contributed by atoms with Crippen LogP contribution in [0.5, 0.6) is 0 Å². The van der Waals surface area contributed by atoms with Crippen molar-refractivity contribution in [3.8, 4) is 0 Å². The number of carbonyl (C=O) groups excluding carboxylic acids is 3. The third kappa shape index (κ3) is 37.5. The van der Waals surface area contributed by atoms with Gasteiger partial charge < -0.3 is 14.2 Å². The lowest BCUT2D eigenvalue weighted by atomic mass is 10.0. The SMILES string of the molecule is CC(C)CCCCCCCCCCC(=O)OC[C@@H](COC(=O)CCCCCCCCC(C)C)OC(=O)CCCCCCCCCCC(C)C. The minimum atomic E-state index is -0.761. The summed E-state index contributed by atoms with van der Waals surface area (Å²) >= 11 is 0. The molecule has 0 N–H and O–H groups in total. The quantitative estimate of drug-likeness (QED) is 0.0369. The molecule has 0 saturated heterocycles. The normalized spacial score (nSPS) is 12.2. The maximum atomic E-state index is 12.6. The third-order valence-corrected chi connectivity index (χ3v) is 9.40. The first kappa shape index (κ1) is 47.4. The molecule has 0 amide bonds. The van der Waals surface area contributed by atoms with E-state index in [1.165, 1.54) is 103 Å².